The van der Waals surface area contributed by atoms with E-state index < -0.39 is 0 Å². The van der Waals surface area contributed by atoms with Crippen LogP contribution >= 0.6 is 15.9 Å². The highest BCUT2D eigenvalue weighted by atomic mass is 79.9. The van der Waals surface area contributed by atoms with Crippen molar-refractivity contribution in [3.63, 3.8) is 0 Å². The monoisotopic (exact) mass is 267 g/mol. The van der Waals surface area contributed by atoms with Gasteiger partial charge in [-0.05, 0) is 19.1 Å². The fraction of sp³-hybridized carbons (Fsp3) is 0.182. The molecule has 2 rings (SSSR count). The summed E-state index contributed by atoms with van der Waals surface area (Å²) in [6, 6.07) is 7.77. The Morgan fingerprint density at radius 1 is 1.40 bits per heavy atom. The van der Waals surface area contributed by atoms with Crippen LogP contribution in [0.2, 0.25) is 0 Å². The zero-order chi connectivity index (χ0) is 11.0. The molecule has 78 valence electrons. The number of aryl methyl sites for hydroxylation is 1. The number of halogens is 1. The number of benzene rings is 1. The van der Waals surface area contributed by atoms with Gasteiger partial charge in [0.25, 0.3) is 0 Å². The van der Waals surface area contributed by atoms with Gasteiger partial charge < -0.3 is 4.52 Å². The van der Waals surface area contributed by atoms with Crippen molar-refractivity contribution in [2.45, 2.75) is 6.92 Å². The first kappa shape index (κ1) is 10.2. The first-order chi connectivity index (χ1) is 7.09. The second-order valence-corrected chi connectivity index (χ2v) is 4.28. The van der Waals surface area contributed by atoms with E-state index in [0.29, 0.717) is 5.56 Å². The SMILES string of the molecule is Cc1c(-c2cccc(Br)c2)n(C)oc1=O. The van der Waals surface area contributed by atoms with Gasteiger partial charge in [0.15, 0.2) is 0 Å². The Morgan fingerprint density at radius 2 is 2.13 bits per heavy atom. The van der Waals surface area contributed by atoms with Gasteiger partial charge in [0.1, 0.15) is 0 Å². The van der Waals surface area contributed by atoms with E-state index in [0.717, 1.165) is 15.7 Å². The van der Waals surface area contributed by atoms with Crippen LogP contribution in [-0.4, -0.2) is 4.74 Å². The molecule has 0 aliphatic carbocycles. The third kappa shape index (κ3) is 1.77. The van der Waals surface area contributed by atoms with Crippen molar-refractivity contribution in [1.82, 2.24) is 4.74 Å². The van der Waals surface area contributed by atoms with Crippen LogP contribution in [0.25, 0.3) is 11.3 Å². The van der Waals surface area contributed by atoms with Crippen molar-refractivity contribution < 1.29 is 4.52 Å². The number of rotatable bonds is 1. The molecule has 0 aliphatic rings. The number of hydrogen-bond donors (Lipinski definition) is 0. The number of hydrogen-bond acceptors (Lipinski definition) is 2. The molecule has 0 aliphatic heterocycles. The van der Waals surface area contributed by atoms with E-state index in [1.807, 2.05) is 24.3 Å². The van der Waals surface area contributed by atoms with Gasteiger partial charge in [-0.15, -0.1) is 0 Å². The number of nitrogens with zero attached hydrogens (tertiary/aromatic N) is 1. The standard InChI is InChI=1S/C11H10BrNO2/c1-7-10(13(2)15-11(7)14)8-4-3-5-9(12)6-8/h3-6H,1-2H3. The molecule has 1 aromatic carbocycles. The van der Waals surface area contributed by atoms with Crippen LogP contribution in [-0.2, 0) is 7.05 Å². The predicted molar refractivity (Wildman–Crippen MR) is 61.8 cm³/mol. The minimum atomic E-state index is -0.285. The molecule has 0 N–H and O–H groups in total. The van der Waals surface area contributed by atoms with Gasteiger partial charge in [-0.1, -0.05) is 28.1 Å². The molecule has 15 heavy (non-hydrogen) atoms. The lowest BCUT2D eigenvalue weighted by Gasteiger charge is -2.02. The van der Waals surface area contributed by atoms with Gasteiger partial charge in [0.05, 0.1) is 11.3 Å². The Labute approximate surface area is 95.4 Å². The smallest absolute Gasteiger partial charge is 0.336 e. The highest BCUT2D eigenvalue weighted by Gasteiger charge is 2.12. The summed E-state index contributed by atoms with van der Waals surface area (Å²) in [5.41, 5.74) is 2.14. The summed E-state index contributed by atoms with van der Waals surface area (Å²) in [7, 11) is 1.73. The maximum atomic E-state index is 11.3. The molecule has 2 aromatic rings. The Morgan fingerprint density at radius 3 is 2.67 bits per heavy atom. The molecule has 0 unspecified atom stereocenters. The molecule has 1 aromatic heterocycles. The fourth-order valence-corrected chi connectivity index (χ4v) is 2.00. The second kappa shape index (κ2) is 3.70. The van der Waals surface area contributed by atoms with Gasteiger partial charge in [-0.25, -0.2) is 9.53 Å². The molecular formula is C11H10BrNO2. The van der Waals surface area contributed by atoms with E-state index >= 15 is 0 Å². The van der Waals surface area contributed by atoms with E-state index in [2.05, 4.69) is 15.9 Å². The van der Waals surface area contributed by atoms with Crippen molar-refractivity contribution in [3.8, 4) is 11.3 Å². The Hall–Kier alpha value is -1.29. The van der Waals surface area contributed by atoms with Gasteiger partial charge in [-0.2, -0.15) is 0 Å². The topological polar surface area (TPSA) is 35.1 Å². The normalized spacial score (nSPS) is 10.6. The van der Waals surface area contributed by atoms with Crippen LogP contribution in [0.15, 0.2) is 38.1 Å². The van der Waals surface area contributed by atoms with E-state index in [1.54, 1.807) is 14.0 Å². The summed E-state index contributed by atoms with van der Waals surface area (Å²) in [5.74, 6) is 0. The Kier molecular flexibility index (Phi) is 2.52. The molecule has 0 spiro atoms. The molecule has 4 heteroatoms. The van der Waals surface area contributed by atoms with E-state index in [4.69, 9.17) is 4.52 Å². The molecule has 0 saturated carbocycles. The highest BCUT2D eigenvalue weighted by molar-refractivity contribution is 9.10. The van der Waals surface area contributed by atoms with Gasteiger partial charge in [0, 0.05) is 17.1 Å². The predicted octanol–water partition coefficient (Wildman–Crippen LogP) is 2.72. The molecule has 1 heterocycles. The minimum Gasteiger partial charge on any atom is -0.336 e. The Bertz CT molecular complexity index is 554. The largest absolute Gasteiger partial charge is 0.361 e. The molecular weight excluding hydrogens is 258 g/mol. The zero-order valence-electron chi connectivity index (χ0n) is 8.45. The first-order valence-corrected chi connectivity index (χ1v) is 5.31. The lowest BCUT2D eigenvalue weighted by Crippen LogP contribution is -1.95. The highest BCUT2D eigenvalue weighted by Crippen LogP contribution is 2.24. The molecule has 0 fully saturated rings. The van der Waals surface area contributed by atoms with Crippen LogP contribution in [0.1, 0.15) is 5.56 Å². The molecule has 0 atom stereocenters. The Balaban J connectivity index is 2.69. The second-order valence-electron chi connectivity index (χ2n) is 3.36. The van der Waals surface area contributed by atoms with Crippen molar-refractivity contribution >= 4 is 15.9 Å². The first-order valence-electron chi connectivity index (χ1n) is 4.52. The molecule has 0 amide bonds. The van der Waals surface area contributed by atoms with Gasteiger partial charge >= 0.3 is 5.63 Å². The van der Waals surface area contributed by atoms with Crippen LogP contribution in [0.4, 0.5) is 0 Å². The van der Waals surface area contributed by atoms with Crippen LogP contribution < -0.4 is 5.63 Å². The maximum Gasteiger partial charge on any atom is 0.361 e. The van der Waals surface area contributed by atoms with Crippen molar-refractivity contribution in [1.29, 1.82) is 0 Å². The summed E-state index contributed by atoms with van der Waals surface area (Å²) in [5, 5.41) is 0. The molecule has 0 bridgehead atoms. The molecule has 0 saturated heterocycles. The van der Waals surface area contributed by atoms with Crippen LogP contribution in [0, 0.1) is 6.92 Å². The quantitative estimate of drug-likeness (QED) is 0.797. The van der Waals surface area contributed by atoms with Crippen molar-refractivity contribution in [2.24, 2.45) is 7.05 Å². The van der Waals surface area contributed by atoms with Gasteiger partial charge in [-0.3, -0.25) is 0 Å². The fourth-order valence-electron chi connectivity index (χ4n) is 1.61. The molecule has 3 nitrogen and oxygen atoms in total. The lowest BCUT2D eigenvalue weighted by atomic mass is 10.1. The minimum absolute atomic E-state index is 0.285. The zero-order valence-corrected chi connectivity index (χ0v) is 10.0. The third-order valence-electron chi connectivity index (χ3n) is 2.29. The van der Waals surface area contributed by atoms with E-state index in [-0.39, 0.29) is 5.63 Å². The van der Waals surface area contributed by atoms with Crippen LogP contribution in [0.3, 0.4) is 0 Å². The van der Waals surface area contributed by atoms with Crippen molar-refractivity contribution in [3.05, 3.63) is 44.7 Å². The summed E-state index contributed by atoms with van der Waals surface area (Å²) in [6.45, 7) is 1.77. The summed E-state index contributed by atoms with van der Waals surface area (Å²) in [6.07, 6.45) is 0. The summed E-state index contributed by atoms with van der Waals surface area (Å²) >= 11 is 3.40. The summed E-state index contributed by atoms with van der Waals surface area (Å²) in [4.78, 5) is 11.3. The average Bonchev–Trinajstić information content (AvgIpc) is 2.41. The number of aromatic nitrogens is 1. The maximum absolute atomic E-state index is 11.3. The third-order valence-corrected chi connectivity index (χ3v) is 2.79. The average molecular weight is 268 g/mol. The summed E-state index contributed by atoms with van der Waals surface area (Å²) < 4.78 is 7.46. The van der Waals surface area contributed by atoms with E-state index in [9.17, 15) is 4.79 Å². The van der Waals surface area contributed by atoms with E-state index in [1.165, 1.54) is 4.74 Å². The van der Waals surface area contributed by atoms with Gasteiger partial charge in [0.2, 0.25) is 0 Å². The van der Waals surface area contributed by atoms with Crippen molar-refractivity contribution in [2.75, 3.05) is 0 Å². The molecule has 0 radical (unpaired) electrons. The lowest BCUT2D eigenvalue weighted by molar-refractivity contribution is 0.288. The van der Waals surface area contributed by atoms with Crippen LogP contribution in [0.5, 0.6) is 0 Å².